The summed E-state index contributed by atoms with van der Waals surface area (Å²) in [6.45, 7) is 6.04. The summed E-state index contributed by atoms with van der Waals surface area (Å²) in [6, 6.07) is -1.22. The van der Waals surface area contributed by atoms with Gasteiger partial charge in [-0.25, -0.2) is 4.79 Å². The number of Topliss-reactive ketones (excluding diaryl/α,β-unsaturated/α-hetero) is 1. The number of carbonyl (C=O) groups is 5. The maximum absolute atomic E-state index is 12.8. The van der Waals surface area contributed by atoms with Crippen molar-refractivity contribution in [3.8, 4) is 0 Å². The number of hydrogen-bond donors (Lipinski definition) is 4. The Hall–Kier alpha value is -2.65. The fourth-order valence-electron chi connectivity index (χ4n) is 3.18. The first-order valence-electron chi connectivity index (χ1n) is 9.85. The van der Waals surface area contributed by atoms with Gasteiger partial charge in [-0.3, -0.25) is 19.2 Å². The molecule has 4 amide bonds. The topological polar surface area (TPSA) is 157 Å². The second-order valence-corrected chi connectivity index (χ2v) is 8.88. The van der Waals surface area contributed by atoms with E-state index in [-0.39, 0.29) is 30.2 Å². The lowest BCUT2D eigenvalue weighted by atomic mass is 9.88. The Kier molecular flexibility index (Phi) is 7.21. The lowest BCUT2D eigenvalue weighted by Crippen LogP contribution is -2.52. The summed E-state index contributed by atoms with van der Waals surface area (Å²) in [5, 5.41) is 7.77. The van der Waals surface area contributed by atoms with Gasteiger partial charge in [-0.05, 0) is 37.5 Å². The maximum Gasteiger partial charge on any atom is 0.405 e. The Morgan fingerprint density at radius 1 is 1.21 bits per heavy atom. The molecule has 1 aliphatic carbocycles. The minimum atomic E-state index is -1.22. The van der Waals surface area contributed by atoms with E-state index < -0.39 is 41.8 Å². The Morgan fingerprint density at radius 3 is 2.34 bits per heavy atom. The third kappa shape index (κ3) is 7.35. The van der Waals surface area contributed by atoms with Crippen LogP contribution in [-0.2, 0) is 23.9 Å². The zero-order valence-corrected chi connectivity index (χ0v) is 17.1. The molecular formula is C19H30N4O6. The molecule has 1 saturated heterocycles. The fourth-order valence-corrected chi connectivity index (χ4v) is 3.18. The van der Waals surface area contributed by atoms with Gasteiger partial charge in [0.15, 0.2) is 6.10 Å². The number of nitrogens with one attached hydrogen (secondary N) is 3. The monoisotopic (exact) mass is 410 g/mol. The van der Waals surface area contributed by atoms with Gasteiger partial charge in [-0.1, -0.05) is 20.8 Å². The Bertz CT molecular complexity index is 683. The molecule has 1 aliphatic heterocycles. The van der Waals surface area contributed by atoms with Crippen LogP contribution in [0.15, 0.2) is 0 Å². The largest absolute Gasteiger partial charge is 0.436 e. The van der Waals surface area contributed by atoms with E-state index in [2.05, 4.69) is 16.0 Å². The SMILES string of the molecule is CC(C)(C)CC(OC(N)=O)C(=O)NC(C[C@@H]1CCNC1=O)C(=O)C(=O)NC1CC1. The van der Waals surface area contributed by atoms with Gasteiger partial charge in [0, 0.05) is 18.5 Å². The Balaban J connectivity index is 2.13. The van der Waals surface area contributed by atoms with Crippen LogP contribution in [0.3, 0.4) is 0 Å². The van der Waals surface area contributed by atoms with Gasteiger partial charge in [0.25, 0.3) is 11.8 Å². The van der Waals surface area contributed by atoms with Crippen LogP contribution >= 0.6 is 0 Å². The minimum Gasteiger partial charge on any atom is -0.436 e. The summed E-state index contributed by atoms with van der Waals surface area (Å²) in [4.78, 5) is 60.8. The van der Waals surface area contributed by atoms with Crippen molar-refractivity contribution in [2.75, 3.05) is 6.54 Å². The summed E-state index contributed by atoms with van der Waals surface area (Å²) < 4.78 is 4.93. The molecule has 10 heteroatoms. The molecule has 0 spiro atoms. The highest BCUT2D eigenvalue weighted by atomic mass is 16.6. The van der Waals surface area contributed by atoms with Gasteiger partial charge in [0.05, 0.1) is 6.04 Å². The number of carbonyl (C=O) groups excluding carboxylic acids is 5. The highest BCUT2D eigenvalue weighted by Crippen LogP contribution is 2.24. The van der Waals surface area contributed by atoms with E-state index >= 15 is 0 Å². The predicted octanol–water partition coefficient (Wildman–Crippen LogP) is -0.255. The molecule has 162 valence electrons. The predicted molar refractivity (Wildman–Crippen MR) is 102 cm³/mol. The van der Waals surface area contributed by atoms with Gasteiger partial charge in [0.2, 0.25) is 11.7 Å². The van der Waals surface area contributed by atoms with Crippen molar-refractivity contribution in [1.29, 1.82) is 0 Å². The summed E-state index contributed by atoms with van der Waals surface area (Å²) in [6.07, 6.45) is -0.0479. The number of rotatable bonds is 9. The van der Waals surface area contributed by atoms with Crippen LogP contribution in [0.2, 0.25) is 0 Å². The quantitative estimate of drug-likeness (QED) is 0.384. The van der Waals surface area contributed by atoms with Crippen LogP contribution < -0.4 is 21.7 Å². The van der Waals surface area contributed by atoms with Gasteiger partial charge < -0.3 is 26.4 Å². The zero-order valence-electron chi connectivity index (χ0n) is 17.1. The molecule has 0 aromatic heterocycles. The molecule has 0 aromatic rings. The zero-order chi connectivity index (χ0) is 21.8. The molecule has 2 fully saturated rings. The van der Waals surface area contributed by atoms with Gasteiger partial charge in [-0.2, -0.15) is 0 Å². The van der Waals surface area contributed by atoms with E-state index in [1.54, 1.807) is 0 Å². The normalized spacial score (nSPS) is 20.9. The molecule has 0 aromatic carbocycles. The third-order valence-corrected chi connectivity index (χ3v) is 4.80. The summed E-state index contributed by atoms with van der Waals surface area (Å²) in [5.41, 5.74) is 4.71. The molecule has 29 heavy (non-hydrogen) atoms. The second-order valence-electron chi connectivity index (χ2n) is 8.88. The first kappa shape index (κ1) is 22.6. The lowest BCUT2D eigenvalue weighted by Gasteiger charge is -2.27. The number of hydrogen-bond acceptors (Lipinski definition) is 6. The molecule has 2 rings (SSSR count). The number of nitrogens with two attached hydrogens (primary N) is 1. The van der Waals surface area contributed by atoms with Gasteiger partial charge in [-0.15, -0.1) is 0 Å². The Morgan fingerprint density at radius 2 is 1.86 bits per heavy atom. The molecule has 3 atom stereocenters. The molecule has 1 saturated carbocycles. The first-order valence-corrected chi connectivity index (χ1v) is 9.85. The third-order valence-electron chi connectivity index (χ3n) is 4.80. The average Bonchev–Trinajstić information content (AvgIpc) is 3.32. The van der Waals surface area contributed by atoms with Crippen molar-refractivity contribution in [3.63, 3.8) is 0 Å². The number of ether oxygens (including phenoxy) is 1. The molecule has 0 bridgehead atoms. The van der Waals surface area contributed by atoms with Crippen LogP contribution in [0.5, 0.6) is 0 Å². The van der Waals surface area contributed by atoms with E-state index in [0.717, 1.165) is 12.8 Å². The summed E-state index contributed by atoms with van der Waals surface area (Å²) in [7, 11) is 0. The smallest absolute Gasteiger partial charge is 0.405 e. The molecule has 10 nitrogen and oxygen atoms in total. The van der Waals surface area contributed by atoms with E-state index in [1.165, 1.54) is 0 Å². The van der Waals surface area contributed by atoms with Crippen LogP contribution in [0, 0.1) is 11.3 Å². The molecule has 0 radical (unpaired) electrons. The maximum atomic E-state index is 12.8. The van der Waals surface area contributed by atoms with Crippen LogP contribution in [-0.4, -0.2) is 54.3 Å². The minimum absolute atomic E-state index is 0.00664. The van der Waals surface area contributed by atoms with Crippen molar-refractivity contribution in [2.45, 2.75) is 71.1 Å². The summed E-state index contributed by atoms with van der Waals surface area (Å²) in [5.74, 6) is -3.05. The highest BCUT2D eigenvalue weighted by Gasteiger charge is 2.38. The molecule has 5 N–H and O–H groups in total. The summed E-state index contributed by atoms with van der Waals surface area (Å²) >= 11 is 0. The van der Waals surface area contributed by atoms with E-state index in [1.807, 2.05) is 20.8 Å². The van der Waals surface area contributed by atoms with Crippen molar-refractivity contribution >= 4 is 29.6 Å². The molecular weight excluding hydrogens is 380 g/mol. The molecule has 2 aliphatic rings. The van der Waals surface area contributed by atoms with Crippen LogP contribution in [0.25, 0.3) is 0 Å². The van der Waals surface area contributed by atoms with Gasteiger partial charge >= 0.3 is 6.09 Å². The molecule has 2 unspecified atom stereocenters. The molecule has 1 heterocycles. The number of primary amides is 1. The second kappa shape index (κ2) is 9.23. The number of ketones is 1. The Labute approximate surface area is 169 Å². The van der Waals surface area contributed by atoms with Crippen LogP contribution in [0.1, 0.15) is 52.9 Å². The highest BCUT2D eigenvalue weighted by molar-refractivity contribution is 6.38. The van der Waals surface area contributed by atoms with Crippen molar-refractivity contribution in [3.05, 3.63) is 0 Å². The van der Waals surface area contributed by atoms with Crippen molar-refractivity contribution < 1.29 is 28.7 Å². The van der Waals surface area contributed by atoms with Crippen molar-refractivity contribution in [1.82, 2.24) is 16.0 Å². The van der Waals surface area contributed by atoms with Gasteiger partial charge in [0.1, 0.15) is 0 Å². The van der Waals surface area contributed by atoms with E-state index in [9.17, 15) is 24.0 Å². The lowest BCUT2D eigenvalue weighted by molar-refractivity contribution is -0.142. The standard InChI is InChI=1S/C19H30N4O6/c1-19(2,3)9-13(29-18(20)28)16(26)23-12(8-10-6-7-21-15(10)25)14(24)17(27)22-11-4-5-11/h10-13H,4-9H2,1-3H3,(H2,20,28)(H,21,25)(H,22,27)(H,23,26)/t10-,12?,13?/m0/s1. The average molecular weight is 410 g/mol. The van der Waals surface area contributed by atoms with E-state index in [4.69, 9.17) is 10.5 Å². The number of amides is 4. The fraction of sp³-hybridized carbons (Fsp3) is 0.737. The van der Waals surface area contributed by atoms with Crippen LogP contribution in [0.4, 0.5) is 4.79 Å². The first-order chi connectivity index (χ1) is 13.5. The van der Waals surface area contributed by atoms with Crippen molar-refractivity contribution in [2.24, 2.45) is 17.1 Å². The van der Waals surface area contributed by atoms with E-state index in [0.29, 0.717) is 13.0 Å².